The molecular weight excluding hydrogens is 306 g/mol. The van der Waals surface area contributed by atoms with Crippen molar-refractivity contribution in [2.45, 2.75) is 38.8 Å². The van der Waals surface area contributed by atoms with Crippen molar-refractivity contribution in [3.8, 4) is 5.75 Å². The normalized spacial score (nSPS) is 19.4. The van der Waals surface area contributed by atoms with Gasteiger partial charge in [-0.2, -0.15) is 0 Å². The maximum atomic E-state index is 6.14. The van der Waals surface area contributed by atoms with Crippen LogP contribution in [0.5, 0.6) is 5.75 Å². The van der Waals surface area contributed by atoms with Crippen molar-refractivity contribution in [3.05, 3.63) is 28.2 Å². The van der Waals surface area contributed by atoms with Crippen LogP contribution >= 0.6 is 15.9 Å². The highest BCUT2D eigenvalue weighted by Gasteiger charge is 2.18. The molecule has 3 nitrogen and oxygen atoms in total. The fourth-order valence-corrected chi connectivity index (χ4v) is 2.70. The first-order chi connectivity index (χ1) is 9.31. The Morgan fingerprint density at radius 2 is 2.37 bits per heavy atom. The number of hydrogen-bond acceptors (Lipinski definition) is 3. The summed E-state index contributed by atoms with van der Waals surface area (Å²) in [7, 11) is 0. The van der Waals surface area contributed by atoms with Gasteiger partial charge in [0.15, 0.2) is 0 Å². The van der Waals surface area contributed by atoms with Crippen molar-refractivity contribution >= 4 is 15.9 Å². The second kappa shape index (κ2) is 7.88. The molecule has 1 heterocycles. The van der Waals surface area contributed by atoms with Crippen LogP contribution in [0, 0.1) is 0 Å². The zero-order valence-corrected chi connectivity index (χ0v) is 13.0. The molecule has 1 unspecified atom stereocenters. The molecule has 1 aliphatic heterocycles. The molecule has 0 aliphatic carbocycles. The molecule has 0 spiro atoms. The van der Waals surface area contributed by atoms with Gasteiger partial charge in [0.25, 0.3) is 0 Å². The lowest BCUT2D eigenvalue weighted by Crippen LogP contribution is -2.28. The van der Waals surface area contributed by atoms with Crippen LogP contribution in [0.2, 0.25) is 0 Å². The van der Waals surface area contributed by atoms with Gasteiger partial charge in [-0.25, -0.2) is 0 Å². The standard InChI is InChI=1S/C15H22BrNO2/c1-2-8-17-10-12-5-3-7-14(16)15(12)19-13-6-4-9-18-11-13/h3,5,7,13,17H,2,4,6,8-11H2,1H3. The number of nitrogens with one attached hydrogen (secondary N) is 1. The highest BCUT2D eigenvalue weighted by atomic mass is 79.9. The molecule has 1 N–H and O–H groups in total. The third-order valence-electron chi connectivity index (χ3n) is 3.19. The van der Waals surface area contributed by atoms with Gasteiger partial charge in [-0.15, -0.1) is 0 Å². The molecule has 0 bridgehead atoms. The van der Waals surface area contributed by atoms with Crippen LogP contribution < -0.4 is 10.1 Å². The average molecular weight is 328 g/mol. The first-order valence-electron chi connectivity index (χ1n) is 7.03. The number of para-hydroxylation sites is 1. The Labute approximate surface area is 123 Å². The van der Waals surface area contributed by atoms with E-state index in [0.717, 1.165) is 49.2 Å². The van der Waals surface area contributed by atoms with Gasteiger partial charge in [-0.1, -0.05) is 19.1 Å². The molecule has 1 saturated heterocycles. The SMILES string of the molecule is CCCNCc1cccc(Br)c1OC1CCCOC1. The predicted octanol–water partition coefficient (Wildman–Crippen LogP) is 3.51. The summed E-state index contributed by atoms with van der Waals surface area (Å²) in [5, 5.41) is 3.42. The van der Waals surface area contributed by atoms with E-state index in [4.69, 9.17) is 9.47 Å². The molecule has 0 amide bonds. The first kappa shape index (κ1) is 14.8. The first-order valence-corrected chi connectivity index (χ1v) is 7.83. The molecule has 1 aromatic rings. The second-order valence-electron chi connectivity index (χ2n) is 4.86. The number of hydrogen-bond donors (Lipinski definition) is 1. The smallest absolute Gasteiger partial charge is 0.138 e. The van der Waals surface area contributed by atoms with Crippen LogP contribution in [0.25, 0.3) is 0 Å². The molecule has 1 aliphatic rings. The fourth-order valence-electron chi connectivity index (χ4n) is 2.20. The highest BCUT2D eigenvalue weighted by molar-refractivity contribution is 9.10. The molecule has 1 aromatic carbocycles. The monoisotopic (exact) mass is 327 g/mol. The van der Waals surface area contributed by atoms with Crippen LogP contribution in [0.1, 0.15) is 31.7 Å². The van der Waals surface area contributed by atoms with Crippen molar-refractivity contribution < 1.29 is 9.47 Å². The zero-order valence-electron chi connectivity index (χ0n) is 11.5. The van der Waals surface area contributed by atoms with E-state index in [0.29, 0.717) is 6.61 Å². The molecule has 19 heavy (non-hydrogen) atoms. The maximum absolute atomic E-state index is 6.14. The van der Waals surface area contributed by atoms with Crippen LogP contribution in [0.15, 0.2) is 22.7 Å². The minimum atomic E-state index is 0.178. The minimum Gasteiger partial charge on any atom is -0.486 e. The van der Waals surface area contributed by atoms with Gasteiger partial charge in [0.05, 0.1) is 11.1 Å². The van der Waals surface area contributed by atoms with Crippen molar-refractivity contribution in [1.29, 1.82) is 0 Å². The Morgan fingerprint density at radius 1 is 1.47 bits per heavy atom. The van der Waals surface area contributed by atoms with E-state index in [9.17, 15) is 0 Å². The van der Waals surface area contributed by atoms with E-state index < -0.39 is 0 Å². The van der Waals surface area contributed by atoms with E-state index in [1.54, 1.807) is 0 Å². The van der Waals surface area contributed by atoms with Gasteiger partial charge in [-0.3, -0.25) is 0 Å². The Balaban J connectivity index is 2.03. The van der Waals surface area contributed by atoms with Crippen LogP contribution in [0.4, 0.5) is 0 Å². The number of ether oxygens (including phenoxy) is 2. The zero-order chi connectivity index (χ0) is 13.5. The quantitative estimate of drug-likeness (QED) is 0.811. The third-order valence-corrected chi connectivity index (χ3v) is 3.82. The lowest BCUT2D eigenvalue weighted by atomic mass is 10.1. The summed E-state index contributed by atoms with van der Waals surface area (Å²) in [6.07, 6.45) is 3.47. The summed E-state index contributed by atoms with van der Waals surface area (Å²) in [5.41, 5.74) is 1.20. The van der Waals surface area contributed by atoms with Gasteiger partial charge in [-0.05, 0) is 47.8 Å². The highest BCUT2D eigenvalue weighted by Crippen LogP contribution is 2.31. The van der Waals surface area contributed by atoms with Crippen molar-refractivity contribution in [3.63, 3.8) is 0 Å². The van der Waals surface area contributed by atoms with Gasteiger partial charge in [0.2, 0.25) is 0 Å². The Morgan fingerprint density at radius 3 is 3.11 bits per heavy atom. The topological polar surface area (TPSA) is 30.5 Å². The predicted molar refractivity (Wildman–Crippen MR) is 80.6 cm³/mol. The molecular formula is C15H22BrNO2. The molecule has 0 aromatic heterocycles. The molecule has 2 rings (SSSR count). The largest absolute Gasteiger partial charge is 0.486 e. The number of halogens is 1. The van der Waals surface area contributed by atoms with E-state index in [1.807, 2.05) is 6.07 Å². The van der Waals surface area contributed by atoms with E-state index in [2.05, 4.69) is 40.3 Å². The van der Waals surface area contributed by atoms with Gasteiger partial charge in [0.1, 0.15) is 11.9 Å². The van der Waals surface area contributed by atoms with Crippen LogP contribution in [-0.2, 0) is 11.3 Å². The number of rotatable bonds is 6. The Kier molecular flexibility index (Phi) is 6.14. The van der Waals surface area contributed by atoms with Crippen LogP contribution in [0.3, 0.4) is 0 Å². The number of benzene rings is 1. The van der Waals surface area contributed by atoms with Gasteiger partial charge in [0, 0.05) is 18.7 Å². The Hall–Kier alpha value is -0.580. The molecule has 1 atom stereocenters. The molecule has 4 heteroatoms. The molecule has 1 fully saturated rings. The minimum absolute atomic E-state index is 0.178. The fraction of sp³-hybridized carbons (Fsp3) is 0.600. The van der Waals surface area contributed by atoms with Gasteiger partial charge >= 0.3 is 0 Å². The second-order valence-corrected chi connectivity index (χ2v) is 5.72. The van der Waals surface area contributed by atoms with Crippen molar-refractivity contribution in [2.24, 2.45) is 0 Å². The van der Waals surface area contributed by atoms with Crippen molar-refractivity contribution in [1.82, 2.24) is 5.32 Å². The Bertz CT molecular complexity index is 392. The molecule has 0 radical (unpaired) electrons. The molecule has 0 saturated carbocycles. The van der Waals surface area contributed by atoms with Crippen molar-refractivity contribution in [2.75, 3.05) is 19.8 Å². The summed E-state index contributed by atoms with van der Waals surface area (Å²) < 4.78 is 12.6. The molecule has 106 valence electrons. The summed E-state index contributed by atoms with van der Waals surface area (Å²) in [6.45, 7) is 5.60. The summed E-state index contributed by atoms with van der Waals surface area (Å²) in [4.78, 5) is 0. The summed E-state index contributed by atoms with van der Waals surface area (Å²) in [6, 6.07) is 6.20. The lowest BCUT2D eigenvalue weighted by Gasteiger charge is -2.25. The van der Waals surface area contributed by atoms with E-state index in [1.165, 1.54) is 5.56 Å². The van der Waals surface area contributed by atoms with Crippen LogP contribution in [-0.4, -0.2) is 25.9 Å². The summed E-state index contributed by atoms with van der Waals surface area (Å²) >= 11 is 3.59. The van der Waals surface area contributed by atoms with E-state index >= 15 is 0 Å². The maximum Gasteiger partial charge on any atom is 0.138 e. The third kappa shape index (κ3) is 4.48. The lowest BCUT2D eigenvalue weighted by molar-refractivity contribution is 0.00668. The summed E-state index contributed by atoms with van der Waals surface area (Å²) in [5.74, 6) is 0.960. The van der Waals surface area contributed by atoms with E-state index in [-0.39, 0.29) is 6.10 Å². The van der Waals surface area contributed by atoms with Gasteiger partial charge < -0.3 is 14.8 Å². The average Bonchev–Trinajstić information content (AvgIpc) is 2.44.